The van der Waals surface area contributed by atoms with Gasteiger partial charge < -0.3 is 9.30 Å². The molecule has 18 heavy (non-hydrogen) atoms. The van der Waals surface area contributed by atoms with Gasteiger partial charge in [-0.3, -0.25) is 4.79 Å². The van der Waals surface area contributed by atoms with Crippen LogP contribution in [0.15, 0.2) is 36.9 Å². The number of carbonyl (C=O) groups is 1. The molecule has 1 aliphatic rings. The number of aromatic nitrogens is 2. The van der Waals surface area contributed by atoms with Crippen molar-refractivity contribution < 1.29 is 9.53 Å². The van der Waals surface area contributed by atoms with Gasteiger partial charge in [-0.1, -0.05) is 11.6 Å². The number of Topliss-reactive ketones (excluding diaryl/α,β-unsaturated/α-hetero) is 1. The zero-order valence-corrected chi connectivity index (χ0v) is 10.5. The molecule has 2 aromatic rings. The molecule has 3 rings (SSSR count). The summed E-state index contributed by atoms with van der Waals surface area (Å²) in [6.07, 6.45) is 4.80. The number of hydrogen-bond acceptors (Lipinski definition) is 3. The van der Waals surface area contributed by atoms with E-state index in [9.17, 15) is 4.79 Å². The van der Waals surface area contributed by atoms with Crippen LogP contribution < -0.4 is 4.74 Å². The second-order valence-electron chi connectivity index (χ2n) is 4.28. The molecule has 0 N–H and O–H groups in total. The van der Waals surface area contributed by atoms with Crippen molar-refractivity contribution in [2.24, 2.45) is 0 Å². The number of hydrogen-bond donors (Lipinski definition) is 0. The number of nitrogens with zero attached hydrogens (tertiary/aromatic N) is 2. The largest absolute Gasteiger partial charge is 0.487 e. The average molecular weight is 263 g/mol. The van der Waals surface area contributed by atoms with E-state index >= 15 is 0 Å². The van der Waals surface area contributed by atoms with Gasteiger partial charge in [-0.25, -0.2) is 4.98 Å². The predicted molar refractivity (Wildman–Crippen MR) is 67.1 cm³/mol. The van der Waals surface area contributed by atoms with E-state index in [1.165, 1.54) is 0 Å². The Bertz CT molecular complexity index is 595. The van der Waals surface area contributed by atoms with E-state index in [-0.39, 0.29) is 11.9 Å². The van der Waals surface area contributed by atoms with Crippen LogP contribution in [0.2, 0.25) is 5.02 Å². The first kappa shape index (κ1) is 11.3. The van der Waals surface area contributed by atoms with E-state index in [1.54, 1.807) is 41.5 Å². The highest BCUT2D eigenvalue weighted by Crippen LogP contribution is 2.34. The first-order valence-electron chi connectivity index (χ1n) is 5.64. The van der Waals surface area contributed by atoms with Gasteiger partial charge in [0.1, 0.15) is 17.9 Å². The standard InChI is InChI=1S/C13H11ClN2O2/c1-8-12(16-5-4-15-7-16)13(17)10-6-9(14)2-3-11(10)18-8/h2-8,12H,1H3. The molecule has 0 saturated heterocycles. The molecule has 2 unspecified atom stereocenters. The molecule has 2 heterocycles. The van der Waals surface area contributed by atoms with E-state index in [4.69, 9.17) is 16.3 Å². The van der Waals surface area contributed by atoms with Crippen molar-refractivity contribution in [2.45, 2.75) is 19.1 Å². The highest BCUT2D eigenvalue weighted by Gasteiger charge is 2.35. The molecule has 0 fully saturated rings. The van der Waals surface area contributed by atoms with Crippen LogP contribution in [-0.2, 0) is 0 Å². The third kappa shape index (κ3) is 1.69. The van der Waals surface area contributed by atoms with Crippen LogP contribution in [0.1, 0.15) is 23.3 Å². The lowest BCUT2D eigenvalue weighted by atomic mass is 9.96. The van der Waals surface area contributed by atoms with Gasteiger partial charge in [0.2, 0.25) is 0 Å². The minimum Gasteiger partial charge on any atom is -0.487 e. The van der Waals surface area contributed by atoms with Gasteiger partial charge in [0, 0.05) is 17.4 Å². The van der Waals surface area contributed by atoms with Gasteiger partial charge in [0.25, 0.3) is 0 Å². The van der Waals surface area contributed by atoms with Crippen molar-refractivity contribution in [1.29, 1.82) is 0 Å². The number of fused-ring (bicyclic) bond motifs is 1. The first-order chi connectivity index (χ1) is 8.66. The van der Waals surface area contributed by atoms with Crippen LogP contribution >= 0.6 is 11.6 Å². The van der Waals surface area contributed by atoms with Crippen LogP contribution in [-0.4, -0.2) is 21.4 Å². The molecule has 2 atom stereocenters. The lowest BCUT2D eigenvalue weighted by Crippen LogP contribution is -2.37. The maximum absolute atomic E-state index is 12.5. The molecule has 0 amide bonds. The molecule has 1 aromatic heterocycles. The number of imidazole rings is 1. The van der Waals surface area contributed by atoms with Gasteiger partial charge in [-0.15, -0.1) is 0 Å². The van der Waals surface area contributed by atoms with Crippen LogP contribution in [0.4, 0.5) is 0 Å². The average Bonchev–Trinajstić information content (AvgIpc) is 2.84. The lowest BCUT2D eigenvalue weighted by Gasteiger charge is -2.30. The topological polar surface area (TPSA) is 44.1 Å². The molecule has 1 aromatic carbocycles. The molecule has 0 radical (unpaired) electrons. The number of halogens is 1. The highest BCUT2D eigenvalue weighted by atomic mass is 35.5. The summed E-state index contributed by atoms with van der Waals surface area (Å²) in [5.41, 5.74) is 0.527. The number of carbonyl (C=O) groups excluding carboxylic acids is 1. The quantitative estimate of drug-likeness (QED) is 0.794. The van der Waals surface area contributed by atoms with Crippen LogP contribution in [0.3, 0.4) is 0 Å². The Morgan fingerprint density at radius 2 is 2.28 bits per heavy atom. The fourth-order valence-corrected chi connectivity index (χ4v) is 2.42. The van der Waals surface area contributed by atoms with Crippen molar-refractivity contribution in [1.82, 2.24) is 9.55 Å². The minimum atomic E-state index is -0.390. The molecule has 1 aliphatic heterocycles. The molecule has 0 aliphatic carbocycles. The number of ketones is 1. The number of benzene rings is 1. The minimum absolute atomic E-state index is 0.00394. The Balaban J connectivity index is 2.08. The second kappa shape index (κ2) is 4.14. The van der Waals surface area contributed by atoms with Gasteiger partial charge in [-0.2, -0.15) is 0 Å². The summed E-state index contributed by atoms with van der Waals surface area (Å²) in [4.78, 5) is 16.5. The third-order valence-electron chi connectivity index (χ3n) is 3.08. The fraction of sp³-hybridized carbons (Fsp3) is 0.231. The summed E-state index contributed by atoms with van der Waals surface area (Å²) in [6.45, 7) is 1.88. The molecule has 0 bridgehead atoms. The molecule has 0 spiro atoms. The van der Waals surface area contributed by atoms with Crippen molar-refractivity contribution in [3.63, 3.8) is 0 Å². The van der Waals surface area contributed by atoms with Crippen molar-refractivity contribution in [3.05, 3.63) is 47.5 Å². The molecule has 5 heteroatoms. The first-order valence-corrected chi connectivity index (χ1v) is 6.02. The number of rotatable bonds is 1. The summed E-state index contributed by atoms with van der Waals surface area (Å²) >= 11 is 5.92. The zero-order valence-electron chi connectivity index (χ0n) is 9.71. The van der Waals surface area contributed by atoms with Gasteiger partial charge in [0.15, 0.2) is 5.78 Å². The van der Waals surface area contributed by atoms with E-state index in [0.717, 1.165) is 0 Å². The van der Waals surface area contributed by atoms with E-state index in [2.05, 4.69) is 4.98 Å². The summed E-state index contributed by atoms with van der Waals surface area (Å²) in [5, 5.41) is 0.532. The maximum atomic E-state index is 12.5. The Kier molecular flexibility index (Phi) is 2.59. The Morgan fingerprint density at radius 1 is 1.44 bits per heavy atom. The van der Waals surface area contributed by atoms with Gasteiger partial charge in [0.05, 0.1) is 11.9 Å². The molecular weight excluding hydrogens is 252 g/mol. The van der Waals surface area contributed by atoms with Crippen molar-refractivity contribution in [2.75, 3.05) is 0 Å². The van der Waals surface area contributed by atoms with Crippen molar-refractivity contribution >= 4 is 17.4 Å². The van der Waals surface area contributed by atoms with Crippen LogP contribution in [0.25, 0.3) is 0 Å². The molecule has 92 valence electrons. The Labute approximate surface area is 109 Å². The third-order valence-corrected chi connectivity index (χ3v) is 3.31. The van der Waals surface area contributed by atoms with E-state index in [0.29, 0.717) is 16.3 Å². The summed E-state index contributed by atoms with van der Waals surface area (Å²) in [6, 6.07) is 4.71. The number of ether oxygens (including phenoxy) is 1. The van der Waals surface area contributed by atoms with Gasteiger partial charge in [-0.05, 0) is 25.1 Å². The normalized spacial score (nSPS) is 22.4. The molecular formula is C13H11ClN2O2. The molecule has 0 saturated carbocycles. The smallest absolute Gasteiger partial charge is 0.193 e. The van der Waals surface area contributed by atoms with Crippen molar-refractivity contribution in [3.8, 4) is 5.75 Å². The Hall–Kier alpha value is -1.81. The van der Waals surface area contributed by atoms with Gasteiger partial charge >= 0.3 is 0 Å². The van der Waals surface area contributed by atoms with E-state index < -0.39 is 6.04 Å². The molecule has 4 nitrogen and oxygen atoms in total. The SMILES string of the molecule is CC1Oc2ccc(Cl)cc2C(=O)C1n1ccnc1. The zero-order chi connectivity index (χ0) is 12.7. The van der Waals surface area contributed by atoms with Crippen LogP contribution in [0.5, 0.6) is 5.75 Å². The monoisotopic (exact) mass is 262 g/mol. The Morgan fingerprint density at radius 3 is 3.00 bits per heavy atom. The maximum Gasteiger partial charge on any atom is 0.193 e. The fourth-order valence-electron chi connectivity index (χ4n) is 2.25. The van der Waals surface area contributed by atoms with Crippen LogP contribution in [0, 0.1) is 0 Å². The summed E-state index contributed by atoms with van der Waals surface area (Å²) < 4.78 is 7.53. The predicted octanol–water partition coefficient (Wildman–Crippen LogP) is 2.74. The van der Waals surface area contributed by atoms with E-state index in [1.807, 2.05) is 6.92 Å². The second-order valence-corrected chi connectivity index (χ2v) is 4.72. The summed E-state index contributed by atoms with van der Waals surface area (Å²) in [7, 11) is 0. The lowest BCUT2D eigenvalue weighted by molar-refractivity contribution is 0.0718. The summed E-state index contributed by atoms with van der Waals surface area (Å²) in [5.74, 6) is 0.595. The highest BCUT2D eigenvalue weighted by molar-refractivity contribution is 6.31.